The van der Waals surface area contributed by atoms with Crippen molar-refractivity contribution in [2.45, 2.75) is 51.6 Å². The monoisotopic (exact) mass is 374 g/mol. The fourth-order valence-electron chi connectivity index (χ4n) is 4.08. The van der Waals surface area contributed by atoms with E-state index >= 15 is 0 Å². The highest BCUT2D eigenvalue weighted by molar-refractivity contribution is 5.92. The molecule has 2 aromatic heterocycles. The lowest BCUT2D eigenvalue weighted by atomic mass is 9.86. The Morgan fingerprint density at radius 2 is 2.14 bits per heavy atom. The summed E-state index contributed by atoms with van der Waals surface area (Å²) in [5, 5.41) is 7.33. The van der Waals surface area contributed by atoms with Crippen LogP contribution >= 0.6 is 0 Å². The summed E-state index contributed by atoms with van der Waals surface area (Å²) in [5.41, 5.74) is 5.14. The summed E-state index contributed by atoms with van der Waals surface area (Å²) in [6, 6.07) is 14.4. The minimum Gasteiger partial charge on any atom is -0.326 e. The van der Waals surface area contributed by atoms with Gasteiger partial charge in [-0.3, -0.25) is 14.9 Å². The average molecular weight is 374 g/mol. The van der Waals surface area contributed by atoms with E-state index in [1.807, 2.05) is 29.3 Å². The number of pyridine rings is 1. The SMILES string of the molecule is CCCc1cc(C(=O)N(Cc2cccnc2)[C@@H]2CCCc3ccccc32)n[nH]1. The number of benzene rings is 1. The first-order valence-electron chi connectivity index (χ1n) is 10.1. The molecule has 144 valence electrons. The maximum Gasteiger partial charge on any atom is 0.275 e. The summed E-state index contributed by atoms with van der Waals surface area (Å²) >= 11 is 0. The fraction of sp³-hybridized carbons (Fsp3) is 0.348. The summed E-state index contributed by atoms with van der Waals surface area (Å²) in [6.45, 7) is 2.65. The van der Waals surface area contributed by atoms with Crippen LogP contribution in [0.25, 0.3) is 0 Å². The summed E-state index contributed by atoms with van der Waals surface area (Å²) < 4.78 is 0. The van der Waals surface area contributed by atoms with Crippen LogP contribution in [0.2, 0.25) is 0 Å². The first-order valence-corrected chi connectivity index (χ1v) is 10.1. The lowest BCUT2D eigenvalue weighted by molar-refractivity contribution is 0.0631. The van der Waals surface area contributed by atoms with Gasteiger partial charge < -0.3 is 4.90 Å². The number of nitrogens with zero attached hydrogens (tertiary/aromatic N) is 3. The molecule has 4 rings (SSSR count). The summed E-state index contributed by atoms with van der Waals surface area (Å²) in [7, 11) is 0. The Kier molecular flexibility index (Phi) is 5.51. The standard InChI is InChI=1S/C23H26N4O/c1-2-7-19-14-21(26-25-19)23(28)27(16-17-8-6-13-24-15-17)22-12-5-10-18-9-3-4-11-20(18)22/h3-4,6,8-9,11,13-15,22H,2,5,7,10,12,16H2,1H3,(H,25,26)/t22-/m1/s1. The number of carbonyl (C=O) groups excluding carboxylic acids is 1. The predicted molar refractivity (Wildman–Crippen MR) is 109 cm³/mol. The van der Waals surface area contributed by atoms with E-state index in [0.29, 0.717) is 12.2 Å². The topological polar surface area (TPSA) is 61.9 Å². The van der Waals surface area contributed by atoms with Crippen molar-refractivity contribution in [2.75, 3.05) is 0 Å². The van der Waals surface area contributed by atoms with Crippen molar-refractivity contribution >= 4 is 5.91 Å². The van der Waals surface area contributed by atoms with Crippen molar-refractivity contribution in [3.8, 4) is 0 Å². The third kappa shape index (κ3) is 3.84. The molecular weight excluding hydrogens is 348 g/mol. The lowest BCUT2D eigenvalue weighted by Crippen LogP contribution is -2.36. The molecule has 5 nitrogen and oxygen atoms in total. The van der Waals surface area contributed by atoms with E-state index in [1.165, 1.54) is 11.1 Å². The Morgan fingerprint density at radius 1 is 1.25 bits per heavy atom. The van der Waals surface area contributed by atoms with E-state index in [4.69, 9.17) is 0 Å². The molecule has 1 aliphatic carbocycles. The highest BCUT2D eigenvalue weighted by Crippen LogP contribution is 2.35. The van der Waals surface area contributed by atoms with Gasteiger partial charge in [0.1, 0.15) is 5.69 Å². The normalized spacial score (nSPS) is 15.8. The molecule has 1 aliphatic rings. The maximum atomic E-state index is 13.5. The number of hydrogen-bond acceptors (Lipinski definition) is 3. The van der Waals surface area contributed by atoms with Crippen molar-refractivity contribution in [3.05, 3.63) is 82.9 Å². The Hall–Kier alpha value is -2.95. The van der Waals surface area contributed by atoms with Gasteiger partial charge in [-0.25, -0.2) is 0 Å². The number of fused-ring (bicyclic) bond motifs is 1. The second kappa shape index (κ2) is 8.38. The molecule has 5 heteroatoms. The minimum absolute atomic E-state index is 0.0239. The van der Waals surface area contributed by atoms with Crippen molar-refractivity contribution in [3.63, 3.8) is 0 Å². The molecule has 1 amide bonds. The maximum absolute atomic E-state index is 13.5. The van der Waals surface area contributed by atoms with Gasteiger partial charge in [0.2, 0.25) is 0 Å². The minimum atomic E-state index is -0.0239. The molecule has 0 saturated carbocycles. The zero-order valence-electron chi connectivity index (χ0n) is 16.3. The van der Waals surface area contributed by atoms with Crippen molar-refractivity contribution < 1.29 is 4.79 Å². The van der Waals surface area contributed by atoms with Crippen LogP contribution < -0.4 is 0 Å². The first kappa shape index (κ1) is 18.4. The van der Waals surface area contributed by atoms with Gasteiger partial charge in [-0.05, 0) is 54.5 Å². The van der Waals surface area contributed by atoms with Gasteiger partial charge in [0.25, 0.3) is 5.91 Å². The van der Waals surface area contributed by atoms with Gasteiger partial charge in [0, 0.05) is 24.6 Å². The highest BCUT2D eigenvalue weighted by Gasteiger charge is 2.31. The first-order chi connectivity index (χ1) is 13.8. The lowest BCUT2D eigenvalue weighted by Gasteiger charge is -2.35. The van der Waals surface area contributed by atoms with E-state index in [-0.39, 0.29) is 11.9 Å². The van der Waals surface area contributed by atoms with Crippen LogP contribution in [0.3, 0.4) is 0 Å². The van der Waals surface area contributed by atoms with Crippen LogP contribution in [0.5, 0.6) is 0 Å². The summed E-state index contributed by atoms with van der Waals surface area (Å²) in [5.74, 6) is -0.0239. The summed E-state index contributed by atoms with van der Waals surface area (Å²) in [4.78, 5) is 19.7. The van der Waals surface area contributed by atoms with Crippen molar-refractivity contribution in [2.24, 2.45) is 0 Å². The van der Waals surface area contributed by atoms with Gasteiger partial charge in [-0.2, -0.15) is 5.10 Å². The van der Waals surface area contributed by atoms with Crippen molar-refractivity contribution in [1.82, 2.24) is 20.1 Å². The number of carbonyl (C=O) groups is 1. The molecule has 0 fully saturated rings. The molecule has 0 bridgehead atoms. The molecule has 28 heavy (non-hydrogen) atoms. The highest BCUT2D eigenvalue weighted by atomic mass is 16.2. The number of aromatic nitrogens is 3. The molecule has 2 heterocycles. The van der Waals surface area contributed by atoms with E-state index < -0.39 is 0 Å². The molecule has 0 saturated heterocycles. The van der Waals surface area contributed by atoms with E-state index in [0.717, 1.165) is 43.4 Å². The molecule has 1 atom stereocenters. The second-order valence-electron chi connectivity index (χ2n) is 7.43. The van der Waals surface area contributed by atoms with Crippen LogP contribution in [-0.4, -0.2) is 26.0 Å². The molecule has 0 unspecified atom stereocenters. The number of hydrogen-bond donors (Lipinski definition) is 1. The quantitative estimate of drug-likeness (QED) is 0.692. The number of amides is 1. The van der Waals surface area contributed by atoms with Gasteiger partial charge in [0.15, 0.2) is 0 Å². The molecule has 1 aromatic carbocycles. The Balaban J connectivity index is 1.69. The number of H-pyrrole nitrogens is 1. The Labute approximate surface area is 165 Å². The second-order valence-corrected chi connectivity index (χ2v) is 7.43. The van der Waals surface area contributed by atoms with Crippen molar-refractivity contribution in [1.29, 1.82) is 0 Å². The zero-order valence-corrected chi connectivity index (χ0v) is 16.3. The third-order valence-electron chi connectivity index (χ3n) is 5.42. The average Bonchev–Trinajstić information content (AvgIpc) is 3.21. The number of rotatable bonds is 6. The molecule has 3 aromatic rings. The molecule has 1 N–H and O–H groups in total. The van der Waals surface area contributed by atoms with Gasteiger partial charge in [0.05, 0.1) is 6.04 Å². The van der Waals surface area contributed by atoms with Gasteiger partial charge in [-0.1, -0.05) is 43.7 Å². The van der Waals surface area contributed by atoms with E-state index in [2.05, 4.69) is 46.4 Å². The van der Waals surface area contributed by atoms with Gasteiger partial charge in [-0.15, -0.1) is 0 Å². The van der Waals surface area contributed by atoms with Gasteiger partial charge >= 0.3 is 0 Å². The zero-order chi connectivity index (χ0) is 19.3. The molecule has 0 radical (unpaired) electrons. The Bertz CT molecular complexity index is 935. The number of nitrogens with one attached hydrogen (secondary N) is 1. The smallest absolute Gasteiger partial charge is 0.275 e. The van der Waals surface area contributed by atoms with Crippen LogP contribution in [0.1, 0.15) is 65.1 Å². The van der Waals surface area contributed by atoms with E-state index in [1.54, 1.807) is 6.20 Å². The molecule has 0 aliphatic heterocycles. The number of aryl methyl sites for hydroxylation is 2. The van der Waals surface area contributed by atoms with Crippen LogP contribution in [0.4, 0.5) is 0 Å². The van der Waals surface area contributed by atoms with Crippen LogP contribution in [-0.2, 0) is 19.4 Å². The van der Waals surface area contributed by atoms with E-state index in [9.17, 15) is 4.79 Å². The third-order valence-corrected chi connectivity index (χ3v) is 5.42. The fourth-order valence-corrected chi connectivity index (χ4v) is 4.08. The molecule has 0 spiro atoms. The number of aromatic amines is 1. The van der Waals surface area contributed by atoms with Crippen LogP contribution in [0.15, 0.2) is 54.9 Å². The molecular formula is C23H26N4O. The predicted octanol–water partition coefficient (Wildman–Crippen LogP) is 4.48. The Morgan fingerprint density at radius 3 is 2.96 bits per heavy atom. The summed E-state index contributed by atoms with van der Waals surface area (Å²) in [6.07, 6.45) is 8.64. The largest absolute Gasteiger partial charge is 0.326 e. The van der Waals surface area contributed by atoms with Crippen LogP contribution in [0, 0.1) is 0 Å².